The molecular formula is C22H27N7O2. The van der Waals surface area contributed by atoms with Gasteiger partial charge in [-0.05, 0) is 51.7 Å². The summed E-state index contributed by atoms with van der Waals surface area (Å²) in [5, 5.41) is 12.7. The van der Waals surface area contributed by atoms with Gasteiger partial charge < -0.3 is 10.1 Å². The molecule has 2 aliphatic rings. The van der Waals surface area contributed by atoms with Gasteiger partial charge in [-0.25, -0.2) is 19.3 Å². The molecule has 1 saturated carbocycles. The topological polar surface area (TPSA) is 99.8 Å². The molecule has 5 rings (SSSR count). The van der Waals surface area contributed by atoms with Gasteiger partial charge in [0.05, 0.1) is 30.6 Å². The van der Waals surface area contributed by atoms with E-state index in [1.54, 1.807) is 27.8 Å². The van der Waals surface area contributed by atoms with Crippen molar-refractivity contribution < 1.29 is 4.74 Å². The molecule has 1 aliphatic heterocycles. The number of hydrogen-bond donors (Lipinski definition) is 1. The van der Waals surface area contributed by atoms with E-state index in [4.69, 9.17) is 4.74 Å². The first-order valence-corrected chi connectivity index (χ1v) is 10.9. The molecule has 0 atom stereocenters. The minimum Gasteiger partial charge on any atom is -0.376 e. The van der Waals surface area contributed by atoms with Gasteiger partial charge in [0.1, 0.15) is 12.1 Å². The normalized spacial score (nSPS) is 21.0. The molecule has 1 aliphatic carbocycles. The fourth-order valence-corrected chi connectivity index (χ4v) is 4.59. The smallest absolute Gasteiger partial charge is 0.267 e. The highest BCUT2D eigenvalue weighted by molar-refractivity contribution is 5.47. The Hall–Kier alpha value is -3.07. The summed E-state index contributed by atoms with van der Waals surface area (Å²) in [6, 6.07) is 5.74. The molecule has 9 heteroatoms. The van der Waals surface area contributed by atoms with Crippen LogP contribution in [0.25, 0.3) is 5.82 Å². The van der Waals surface area contributed by atoms with Crippen LogP contribution in [0.4, 0.5) is 5.82 Å². The van der Waals surface area contributed by atoms with Crippen molar-refractivity contribution in [3.05, 3.63) is 57.5 Å². The maximum Gasteiger partial charge on any atom is 0.267 e. The molecule has 0 aromatic carbocycles. The Bertz CT molecular complexity index is 1150. The second kappa shape index (κ2) is 8.22. The van der Waals surface area contributed by atoms with Crippen molar-refractivity contribution in [3.8, 4) is 5.82 Å². The Balaban J connectivity index is 1.29. The Morgan fingerprint density at radius 1 is 1.10 bits per heavy atom. The molecule has 31 heavy (non-hydrogen) atoms. The third-order valence-electron chi connectivity index (χ3n) is 6.19. The standard InChI is InChI=1S/C22H27N7O2/c1-14-11-15(2)28(26-14)20-7-8-21(30)29(27-20)17-5-3-16(4-6-17)25-22-18-12-31-10-9-19(18)23-13-24-22/h7-8,11,13,16-17H,3-6,9-10,12H2,1-2H3,(H,23,24,25). The van der Waals surface area contributed by atoms with Crippen molar-refractivity contribution in [2.45, 2.75) is 64.6 Å². The highest BCUT2D eigenvalue weighted by Gasteiger charge is 2.26. The summed E-state index contributed by atoms with van der Waals surface area (Å²) in [5.41, 5.74) is 4.02. The molecule has 0 amide bonds. The van der Waals surface area contributed by atoms with Crippen molar-refractivity contribution in [2.75, 3.05) is 11.9 Å². The second-order valence-corrected chi connectivity index (χ2v) is 8.41. The monoisotopic (exact) mass is 421 g/mol. The van der Waals surface area contributed by atoms with Gasteiger partial charge in [0, 0.05) is 29.8 Å². The molecule has 4 heterocycles. The van der Waals surface area contributed by atoms with Crippen molar-refractivity contribution in [3.63, 3.8) is 0 Å². The van der Waals surface area contributed by atoms with Crippen LogP contribution in [0.1, 0.15) is 54.4 Å². The Kier molecular flexibility index (Phi) is 5.27. The van der Waals surface area contributed by atoms with Gasteiger partial charge in [0.2, 0.25) is 0 Å². The predicted molar refractivity (Wildman–Crippen MR) is 115 cm³/mol. The van der Waals surface area contributed by atoms with Crippen molar-refractivity contribution in [1.82, 2.24) is 29.5 Å². The molecule has 1 fully saturated rings. The van der Waals surface area contributed by atoms with E-state index in [1.807, 2.05) is 19.9 Å². The quantitative estimate of drug-likeness (QED) is 0.691. The minimum absolute atomic E-state index is 0.0660. The van der Waals surface area contributed by atoms with E-state index in [1.165, 1.54) is 0 Å². The number of aryl methyl sites for hydroxylation is 2. The Labute approximate surface area is 180 Å². The summed E-state index contributed by atoms with van der Waals surface area (Å²) in [7, 11) is 0. The molecule has 1 N–H and O–H groups in total. The first kappa shape index (κ1) is 19.9. The molecule has 3 aromatic rings. The average Bonchev–Trinajstić information content (AvgIpc) is 3.13. The fourth-order valence-electron chi connectivity index (χ4n) is 4.59. The van der Waals surface area contributed by atoms with Crippen LogP contribution in [0.3, 0.4) is 0 Å². The maximum absolute atomic E-state index is 12.5. The van der Waals surface area contributed by atoms with Crippen LogP contribution < -0.4 is 10.9 Å². The number of aromatic nitrogens is 6. The third-order valence-corrected chi connectivity index (χ3v) is 6.19. The van der Waals surface area contributed by atoms with E-state index < -0.39 is 0 Å². The van der Waals surface area contributed by atoms with Gasteiger partial charge in [0.15, 0.2) is 5.82 Å². The predicted octanol–water partition coefficient (Wildman–Crippen LogP) is 2.50. The Morgan fingerprint density at radius 3 is 2.71 bits per heavy atom. The molecule has 9 nitrogen and oxygen atoms in total. The van der Waals surface area contributed by atoms with Crippen molar-refractivity contribution >= 4 is 5.82 Å². The Morgan fingerprint density at radius 2 is 1.94 bits per heavy atom. The largest absolute Gasteiger partial charge is 0.376 e. The molecule has 3 aromatic heterocycles. The zero-order valence-electron chi connectivity index (χ0n) is 17.9. The molecule has 162 valence electrons. The number of nitrogens with one attached hydrogen (secondary N) is 1. The van der Waals surface area contributed by atoms with E-state index in [2.05, 4.69) is 25.5 Å². The van der Waals surface area contributed by atoms with Crippen LogP contribution in [0.5, 0.6) is 0 Å². The number of fused-ring (bicyclic) bond motifs is 1. The number of nitrogens with zero attached hydrogens (tertiary/aromatic N) is 6. The van der Waals surface area contributed by atoms with Gasteiger partial charge >= 0.3 is 0 Å². The molecule has 0 bridgehead atoms. The van der Waals surface area contributed by atoms with Gasteiger partial charge in [-0.3, -0.25) is 4.79 Å². The molecule has 0 radical (unpaired) electrons. The van der Waals surface area contributed by atoms with Gasteiger partial charge in [-0.15, -0.1) is 5.10 Å². The molecule has 0 saturated heterocycles. The van der Waals surface area contributed by atoms with Crippen LogP contribution in [-0.2, 0) is 17.8 Å². The molecule has 0 spiro atoms. The first-order chi connectivity index (χ1) is 15.1. The number of ether oxygens (including phenoxy) is 1. The summed E-state index contributed by atoms with van der Waals surface area (Å²) < 4.78 is 9.03. The van der Waals surface area contributed by atoms with Gasteiger partial charge in [-0.1, -0.05) is 0 Å². The van der Waals surface area contributed by atoms with E-state index >= 15 is 0 Å². The van der Waals surface area contributed by atoms with Crippen LogP contribution in [0, 0.1) is 13.8 Å². The maximum atomic E-state index is 12.5. The number of anilines is 1. The lowest BCUT2D eigenvalue weighted by atomic mass is 9.91. The second-order valence-electron chi connectivity index (χ2n) is 8.41. The van der Waals surface area contributed by atoms with E-state index in [0.717, 1.165) is 60.6 Å². The highest BCUT2D eigenvalue weighted by Crippen LogP contribution is 2.30. The summed E-state index contributed by atoms with van der Waals surface area (Å²) in [4.78, 5) is 21.4. The van der Waals surface area contributed by atoms with Crippen LogP contribution in [0.2, 0.25) is 0 Å². The zero-order valence-corrected chi connectivity index (χ0v) is 17.9. The first-order valence-electron chi connectivity index (χ1n) is 10.9. The number of rotatable bonds is 4. The lowest BCUT2D eigenvalue weighted by Crippen LogP contribution is -2.34. The third kappa shape index (κ3) is 3.97. The van der Waals surface area contributed by atoms with Gasteiger partial charge in [-0.2, -0.15) is 5.10 Å². The van der Waals surface area contributed by atoms with Crippen LogP contribution >= 0.6 is 0 Å². The zero-order chi connectivity index (χ0) is 21.4. The van der Waals surface area contributed by atoms with Gasteiger partial charge in [0.25, 0.3) is 5.56 Å². The lowest BCUT2D eigenvalue weighted by Gasteiger charge is -2.31. The van der Waals surface area contributed by atoms with E-state index in [9.17, 15) is 4.79 Å². The van der Waals surface area contributed by atoms with Crippen LogP contribution in [-0.4, -0.2) is 42.2 Å². The SMILES string of the molecule is Cc1cc(C)n(-c2ccc(=O)n(C3CCC(Nc4ncnc5c4COCC5)CC3)n2)n1. The summed E-state index contributed by atoms with van der Waals surface area (Å²) >= 11 is 0. The number of hydrogen-bond acceptors (Lipinski definition) is 7. The summed E-state index contributed by atoms with van der Waals surface area (Å²) in [6.45, 7) is 5.22. The van der Waals surface area contributed by atoms with E-state index in [0.29, 0.717) is 25.1 Å². The summed E-state index contributed by atoms with van der Waals surface area (Å²) in [5.74, 6) is 1.56. The van der Waals surface area contributed by atoms with Crippen molar-refractivity contribution in [2.24, 2.45) is 0 Å². The lowest BCUT2D eigenvalue weighted by molar-refractivity contribution is 0.109. The van der Waals surface area contributed by atoms with Crippen molar-refractivity contribution in [1.29, 1.82) is 0 Å². The fraction of sp³-hybridized carbons (Fsp3) is 0.500. The summed E-state index contributed by atoms with van der Waals surface area (Å²) in [6.07, 6.45) is 6.13. The molecule has 0 unspecified atom stereocenters. The van der Waals surface area contributed by atoms with E-state index in [-0.39, 0.29) is 11.6 Å². The average molecular weight is 422 g/mol. The van der Waals surface area contributed by atoms with Crippen LogP contribution in [0.15, 0.2) is 29.3 Å². The highest BCUT2D eigenvalue weighted by atomic mass is 16.5. The molecular weight excluding hydrogens is 394 g/mol. The minimum atomic E-state index is -0.0660.